The lowest BCUT2D eigenvalue weighted by Crippen LogP contribution is -2.24. The lowest BCUT2D eigenvalue weighted by molar-refractivity contribution is 0.0988. The maximum absolute atomic E-state index is 12.4. The maximum Gasteiger partial charge on any atom is 0.185 e. The van der Waals surface area contributed by atoms with E-state index in [0.29, 0.717) is 16.4 Å². The number of nitrogens with two attached hydrogens (primary N) is 1. The third-order valence-corrected chi connectivity index (χ3v) is 4.45. The lowest BCUT2D eigenvalue weighted by Gasteiger charge is -2.24. The van der Waals surface area contributed by atoms with Gasteiger partial charge in [0.2, 0.25) is 0 Å². The molecule has 0 saturated carbocycles. The molecule has 1 aliphatic heterocycles. The van der Waals surface area contributed by atoms with E-state index >= 15 is 0 Å². The standard InChI is InChI=1S/C19H16N4OS/c1-3-13-4-5-15(22-12-13)16(24)10-14-6-8-21-17(11-14)19(2)7-9-25-18(20)23-19/h1,4-9,11-12H,10H2,2H3,(H2,20,23)/t19-/m0/s1. The van der Waals surface area contributed by atoms with E-state index in [4.69, 9.17) is 12.2 Å². The number of nitrogens with zero attached hydrogens (tertiary/aromatic N) is 3. The number of aromatic nitrogens is 2. The summed E-state index contributed by atoms with van der Waals surface area (Å²) in [5, 5.41) is 2.39. The van der Waals surface area contributed by atoms with Gasteiger partial charge in [0.25, 0.3) is 0 Å². The molecule has 5 nitrogen and oxygen atoms in total. The fraction of sp³-hybridized carbons (Fsp3) is 0.158. The number of hydrogen-bond donors (Lipinski definition) is 1. The molecule has 124 valence electrons. The Morgan fingerprint density at radius 3 is 2.88 bits per heavy atom. The summed E-state index contributed by atoms with van der Waals surface area (Å²) in [4.78, 5) is 25.4. The van der Waals surface area contributed by atoms with Crippen LogP contribution in [0.5, 0.6) is 0 Å². The van der Waals surface area contributed by atoms with Gasteiger partial charge in [-0.2, -0.15) is 0 Å². The second kappa shape index (κ2) is 6.91. The highest BCUT2D eigenvalue weighted by Gasteiger charge is 2.27. The Kier molecular flexibility index (Phi) is 4.68. The minimum absolute atomic E-state index is 0.0800. The zero-order chi connectivity index (χ0) is 17.9. The predicted octanol–water partition coefficient (Wildman–Crippen LogP) is 2.67. The number of aliphatic imine (C=N–C) groups is 1. The largest absolute Gasteiger partial charge is 0.378 e. The second-order valence-electron chi connectivity index (χ2n) is 5.74. The summed E-state index contributed by atoms with van der Waals surface area (Å²) in [6, 6.07) is 7.05. The Bertz CT molecular complexity index is 912. The predicted molar refractivity (Wildman–Crippen MR) is 100 cm³/mol. The van der Waals surface area contributed by atoms with Crippen molar-refractivity contribution in [2.45, 2.75) is 18.9 Å². The third-order valence-electron chi connectivity index (χ3n) is 3.85. The molecule has 3 rings (SSSR count). The van der Waals surface area contributed by atoms with Gasteiger partial charge in [0.15, 0.2) is 11.0 Å². The van der Waals surface area contributed by atoms with E-state index in [9.17, 15) is 4.79 Å². The van der Waals surface area contributed by atoms with Gasteiger partial charge in [-0.1, -0.05) is 17.7 Å². The number of carbonyl (C=O) groups excluding carboxylic acids is 1. The van der Waals surface area contributed by atoms with E-state index in [1.807, 2.05) is 30.5 Å². The van der Waals surface area contributed by atoms with Gasteiger partial charge in [-0.3, -0.25) is 14.8 Å². The average molecular weight is 348 g/mol. The van der Waals surface area contributed by atoms with Crippen molar-refractivity contribution in [2.24, 2.45) is 10.7 Å². The molecule has 2 aromatic heterocycles. The number of thioether (sulfide) groups is 1. The molecular formula is C19H16N4OS. The Morgan fingerprint density at radius 1 is 1.36 bits per heavy atom. The molecule has 0 unspecified atom stereocenters. The molecule has 0 spiro atoms. The Labute approximate surface area is 150 Å². The zero-order valence-corrected chi connectivity index (χ0v) is 14.5. The maximum atomic E-state index is 12.4. The van der Waals surface area contributed by atoms with Gasteiger partial charge in [0, 0.05) is 24.4 Å². The van der Waals surface area contributed by atoms with E-state index < -0.39 is 5.54 Å². The number of carbonyl (C=O) groups is 1. The molecule has 0 amide bonds. The quantitative estimate of drug-likeness (QED) is 0.679. The molecule has 0 bridgehead atoms. The van der Waals surface area contributed by atoms with Crippen LogP contribution in [0.1, 0.15) is 34.2 Å². The first-order valence-electron chi connectivity index (χ1n) is 7.61. The smallest absolute Gasteiger partial charge is 0.185 e. The highest BCUT2D eigenvalue weighted by Crippen LogP contribution is 2.31. The summed E-state index contributed by atoms with van der Waals surface area (Å²) < 4.78 is 0. The van der Waals surface area contributed by atoms with Crippen LogP contribution in [-0.2, 0) is 12.0 Å². The van der Waals surface area contributed by atoms with Crippen LogP contribution in [0, 0.1) is 12.3 Å². The molecule has 2 N–H and O–H groups in total. The number of pyridine rings is 2. The van der Waals surface area contributed by atoms with E-state index in [0.717, 1.165) is 11.3 Å². The van der Waals surface area contributed by atoms with Crippen LogP contribution in [0.4, 0.5) is 0 Å². The van der Waals surface area contributed by atoms with E-state index in [1.54, 1.807) is 18.3 Å². The van der Waals surface area contributed by atoms with Crippen molar-refractivity contribution in [2.75, 3.05) is 0 Å². The monoisotopic (exact) mass is 348 g/mol. The number of Topliss-reactive ketones (excluding diaryl/α,β-unsaturated/α-hetero) is 1. The molecule has 25 heavy (non-hydrogen) atoms. The molecule has 0 fully saturated rings. The molecule has 0 saturated heterocycles. The van der Waals surface area contributed by atoms with Crippen LogP contribution < -0.4 is 5.73 Å². The molecule has 0 radical (unpaired) electrons. The minimum Gasteiger partial charge on any atom is -0.378 e. The highest BCUT2D eigenvalue weighted by molar-refractivity contribution is 8.16. The van der Waals surface area contributed by atoms with E-state index in [1.165, 1.54) is 18.0 Å². The molecular weight excluding hydrogens is 332 g/mol. The summed E-state index contributed by atoms with van der Waals surface area (Å²) >= 11 is 1.37. The summed E-state index contributed by atoms with van der Waals surface area (Å²) in [5.41, 5.74) is 7.82. The summed E-state index contributed by atoms with van der Waals surface area (Å²) in [5.74, 6) is 2.40. The fourth-order valence-electron chi connectivity index (χ4n) is 2.45. The Hall–Kier alpha value is -2.91. The molecule has 6 heteroatoms. The topological polar surface area (TPSA) is 81.2 Å². The van der Waals surface area contributed by atoms with Crippen LogP contribution in [0.3, 0.4) is 0 Å². The van der Waals surface area contributed by atoms with Crippen molar-refractivity contribution in [3.05, 3.63) is 70.7 Å². The molecule has 1 aliphatic rings. The average Bonchev–Trinajstić information content (AvgIpc) is 2.62. The van der Waals surface area contributed by atoms with Gasteiger partial charge >= 0.3 is 0 Å². The van der Waals surface area contributed by atoms with Crippen molar-refractivity contribution in [1.82, 2.24) is 9.97 Å². The van der Waals surface area contributed by atoms with Crippen molar-refractivity contribution in [1.29, 1.82) is 0 Å². The van der Waals surface area contributed by atoms with Crippen LogP contribution in [0.15, 0.2) is 53.1 Å². The van der Waals surface area contributed by atoms with Gasteiger partial charge in [-0.25, -0.2) is 4.99 Å². The number of rotatable bonds is 4. The SMILES string of the molecule is C#Cc1ccc(C(=O)Cc2ccnc([C@]3(C)C=CSC(N)=N3)c2)nc1. The van der Waals surface area contributed by atoms with E-state index in [2.05, 4.69) is 20.9 Å². The van der Waals surface area contributed by atoms with Crippen LogP contribution in [-0.4, -0.2) is 20.9 Å². The first-order valence-corrected chi connectivity index (χ1v) is 8.49. The van der Waals surface area contributed by atoms with Gasteiger partial charge in [-0.05, 0) is 48.2 Å². The van der Waals surface area contributed by atoms with Crippen molar-refractivity contribution in [3.63, 3.8) is 0 Å². The molecule has 0 aliphatic carbocycles. The van der Waals surface area contributed by atoms with Crippen LogP contribution in [0.25, 0.3) is 0 Å². The van der Waals surface area contributed by atoms with Gasteiger partial charge in [0.05, 0.1) is 5.69 Å². The highest BCUT2D eigenvalue weighted by atomic mass is 32.2. The van der Waals surface area contributed by atoms with Crippen molar-refractivity contribution in [3.8, 4) is 12.3 Å². The van der Waals surface area contributed by atoms with Gasteiger partial charge in [0.1, 0.15) is 11.2 Å². The lowest BCUT2D eigenvalue weighted by atomic mass is 9.95. The number of hydrogen-bond acceptors (Lipinski definition) is 6. The zero-order valence-electron chi connectivity index (χ0n) is 13.6. The van der Waals surface area contributed by atoms with E-state index in [-0.39, 0.29) is 12.2 Å². The van der Waals surface area contributed by atoms with Crippen LogP contribution in [0.2, 0.25) is 0 Å². The minimum atomic E-state index is -0.624. The van der Waals surface area contributed by atoms with Gasteiger partial charge in [-0.15, -0.1) is 6.42 Å². The van der Waals surface area contributed by atoms with Crippen molar-refractivity contribution >= 4 is 22.7 Å². The van der Waals surface area contributed by atoms with Gasteiger partial charge < -0.3 is 5.73 Å². The first kappa shape index (κ1) is 16.9. The number of ketones is 1. The molecule has 3 heterocycles. The summed E-state index contributed by atoms with van der Waals surface area (Å²) in [6.45, 7) is 1.93. The Morgan fingerprint density at radius 2 is 2.20 bits per heavy atom. The van der Waals surface area contributed by atoms with Crippen LogP contribution >= 0.6 is 11.8 Å². The summed E-state index contributed by atoms with van der Waals surface area (Å²) in [7, 11) is 0. The number of terminal acetylenes is 1. The third kappa shape index (κ3) is 3.78. The summed E-state index contributed by atoms with van der Waals surface area (Å²) in [6.07, 6.45) is 10.7. The first-order chi connectivity index (χ1) is 12.0. The molecule has 1 atom stereocenters. The molecule has 0 aromatic carbocycles. The normalized spacial score (nSPS) is 19.1. The van der Waals surface area contributed by atoms with Crippen molar-refractivity contribution < 1.29 is 4.79 Å². The second-order valence-corrected chi connectivity index (χ2v) is 6.67. The number of amidine groups is 1. The molecule has 2 aromatic rings. The Balaban J connectivity index is 1.82. The fourth-order valence-corrected chi connectivity index (χ4v) is 3.17.